The largest absolute Gasteiger partial charge is 0.397 e. The standard InChI is InChI=1S/C16H20BrN3O/c1-4-7-12(16(19)21)15(18)14(17)11(3)10(2)13-8-5-6-9-20-13/h5-9H,4,18H2,1-3H3,(H2,19,21)/b11-10+,12-7-,15-14-. The predicted octanol–water partition coefficient (Wildman–Crippen LogP) is 3.26. The average Bonchev–Trinajstić information content (AvgIpc) is 2.50. The molecule has 4 N–H and O–H groups in total. The number of amides is 1. The number of hydrogen-bond donors (Lipinski definition) is 2. The van der Waals surface area contributed by atoms with Crippen molar-refractivity contribution < 1.29 is 4.79 Å². The molecule has 112 valence electrons. The van der Waals surface area contributed by atoms with Crippen LogP contribution in [0.25, 0.3) is 5.57 Å². The molecule has 21 heavy (non-hydrogen) atoms. The van der Waals surface area contributed by atoms with Crippen LogP contribution in [-0.4, -0.2) is 10.9 Å². The van der Waals surface area contributed by atoms with Crippen molar-refractivity contribution in [2.24, 2.45) is 11.5 Å². The van der Waals surface area contributed by atoms with Gasteiger partial charge in [0.15, 0.2) is 0 Å². The van der Waals surface area contributed by atoms with Gasteiger partial charge in [-0.1, -0.05) is 19.1 Å². The van der Waals surface area contributed by atoms with Gasteiger partial charge in [0.2, 0.25) is 0 Å². The number of rotatable bonds is 5. The van der Waals surface area contributed by atoms with E-state index in [-0.39, 0.29) is 0 Å². The normalized spacial score (nSPS) is 14.4. The summed E-state index contributed by atoms with van der Waals surface area (Å²) in [5, 5.41) is 0. The van der Waals surface area contributed by atoms with Gasteiger partial charge < -0.3 is 11.5 Å². The summed E-state index contributed by atoms with van der Waals surface area (Å²) in [5.74, 6) is -0.533. The first-order valence-electron chi connectivity index (χ1n) is 6.64. The number of nitrogens with zero attached hydrogens (tertiary/aromatic N) is 1. The third kappa shape index (κ3) is 4.29. The molecule has 1 rings (SSSR count). The van der Waals surface area contributed by atoms with Crippen molar-refractivity contribution in [2.75, 3.05) is 0 Å². The molecule has 1 amide bonds. The van der Waals surface area contributed by atoms with E-state index in [1.807, 2.05) is 39.0 Å². The van der Waals surface area contributed by atoms with Gasteiger partial charge in [-0.2, -0.15) is 0 Å². The quantitative estimate of drug-likeness (QED) is 0.632. The van der Waals surface area contributed by atoms with E-state index in [1.54, 1.807) is 12.3 Å². The lowest BCUT2D eigenvalue weighted by Gasteiger charge is -2.11. The fourth-order valence-electron chi connectivity index (χ4n) is 1.81. The molecular formula is C16H20BrN3O. The van der Waals surface area contributed by atoms with Crippen LogP contribution in [0.4, 0.5) is 0 Å². The topological polar surface area (TPSA) is 82.0 Å². The molecule has 0 spiro atoms. The number of nitrogens with two attached hydrogens (primary N) is 2. The maximum atomic E-state index is 11.5. The second-order valence-electron chi connectivity index (χ2n) is 4.58. The Morgan fingerprint density at radius 1 is 1.33 bits per heavy atom. The van der Waals surface area contributed by atoms with Crippen molar-refractivity contribution in [3.63, 3.8) is 0 Å². The van der Waals surface area contributed by atoms with Crippen molar-refractivity contribution >= 4 is 27.4 Å². The van der Waals surface area contributed by atoms with Crippen LogP contribution in [-0.2, 0) is 4.79 Å². The Labute approximate surface area is 133 Å². The van der Waals surface area contributed by atoms with E-state index >= 15 is 0 Å². The van der Waals surface area contributed by atoms with Crippen LogP contribution < -0.4 is 11.5 Å². The zero-order valence-corrected chi connectivity index (χ0v) is 14.1. The van der Waals surface area contributed by atoms with Gasteiger partial charge in [-0.25, -0.2) is 0 Å². The Morgan fingerprint density at radius 2 is 2.00 bits per heavy atom. The molecule has 0 aliphatic carbocycles. The minimum absolute atomic E-state index is 0.331. The predicted molar refractivity (Wildman–Crippen MR) is 90.2 cm³/mol. The Hall–Kier alpha value is -1.88. The molecule has 5 heteroatoms. The van der Waals surface area contributed by atoms with Gasteiger partial charge in [0.05, 0.1) is 17.0 Å². The average molecular weight is 350 g/mol. The Balaban J connectivity index is 3.33. The van der Waals surface area contributed by atoms with Crippen molar-refractivity contribution in [1.29, 1.82) is 0 Å². The molecule has 0 atom stereocenters. The van der Waals surface area contributed by atoms with Crippen LogP contribution in [0.5, 0.6) is 0 Å². The van der Waals surface area contributed by atoms with E-state index < -0.39 is 5.91 Å². The summed E-state index contributed by atoms with van der Waals surface area (Å²) >= 11 is 3.47. The SMILES string of the molecule is CC/C=C(C(N)=O)/C(N)=C(Br)\C(C)=C(/C)c1ccccn1. The summed E-state index contributed by atoms with van der Waals surface area (Å²) in [7, 11) is 0. The van der Waals surface area contributed by atoms with Crippen molar-refractivity contribution in [3.05, 3.63) is 57.5 Å². The number of aromatic nitrogens is 1. The lowest BCUT2D eigenvalue weighted by molar-refractivity contribution is -0.114. The number of halogens is 1. The Bertz CT molecular complexity index is 616. The van der Waals surface area contributed by atoms with Gasteiger partial charge in [-0.15, -0.1) is 0 Å². The van der Waals surface area contributed by atoms with Crippen LogP contribution in [0.2, 0.25) is 0 Å². The highest BCUT2D eigenvalue weighted by Gasteiger charge is 2.14. The van der Waals surface area contributed by atoms with Crippen molar-refractivity contribution in [1.82, 2.24) is 4.98 Å². The van der Waals surface area contributed by atoms with Gasteiger partial charge in [0.1, 0.15) is 0 Å². The first-order valence-corrected chi connectivity index (χ1v) is 7.44. The summed E-state index contributed by atoms with van der Waals surface area (Å²) in [4.78, 5) is 15.8. The summed E-state index contributed by atoms with van der Waals surface area (Å²) in [6, 6.07) is 5.71. The molecule has 0 unspecified atom stereocenters. The molecule has 0 aromatic carbocycles. The molecule has 0 fully saturated rings. The van der Waals surface area contributed by atoms with Crippen LogP contribution >= 0.6 is 15.9 Å². The molecule has 1 heterocycles. The highest BCUT2D eigenvalue weighted by atomic mass is 79.9. The number of hydrogen-bond acceptors (Lipinski definition) is 3. The second kappa shape index (κ2) is 7.78. The van der Waals surface area contributed by atoms with Crippen molar-refractivity contribution in [3.8, 4) is 0 Å². The molecule has 0 aliphatic heterocycles. The summed E-state index contributed by atoms with van der Waals surface area (Å²) < 4.78 is 0.657. The van der Waals surface area contributed by atoms with Crippen LogP contribution in [0.3, 0.4) is 0 Å². The summed E-state index contributed by atoms with van der Waals surface area (Å²) in [5.41, 5.74) is 14.9. The molecule has 0 saturated heterocycles. The van der Waals surface area contributed by atoms with Crippen molar-refractivity contribution in [2.45, 2.75) is 27.2 Å². The fraction of sp³-hybridized carbons (Fsp3) is 0.250. The third-order valence-corrected chi connectivity index (χ3v) is 4.16. The van der Waals surface area contributed by atoms with Crippen LogP contribution in [0.1, 0.15) is 32.9 Å². The zero-order chi connectivity index (χ0) is 16.0. The van der Waals surface area contributed by atoms with E-state index in [9.17, 15) is 4.79 Å². The molecular weight excluding hydrogens is 330 g/mol. The first-order chi connectivity index (χ1) is 9.90. The summed E-state index contributed by atoms with van der Waals surface area (Å²) in [6.07, 6.45) is 4.14. The molecule has 0 saturated carbocycles. The van der Waals surface area contributed by atoms with Gasteiger partial charge in [0.25, 0.3) is 5.91 Å². The number of allylic oxidation sites excluding steroid dienone is 4. The van der Waals surface area contributed by atoms with E-state index in [2.05, 4.69) is 20.9 Å². The van der Waals surface area contributed by atoms with Crippen LogP contribution in [0.15, 0.2) is 51.8 Å². The maximum Gasteiger partial charge on any atom is 0.250 e. The van der Waals surface area contributed by atoms with Gasteiger partial charge in [-0.05, 0) is 59.5 Å². The molecule has 0 radical (unpaired) electrons. The maximum absolute atomic E-state index is 11.5. The zero-order valence-electron chi connectivity index (χ0n) is 12.5. The van der Waals surface area contributed by atoms with E-state index in [0.717, 1.165) is 16.8 Å². The van der Waals surface area contributed by atoms with E-state index in [1.165, 1.54) is 0 Å². The highest BCUT2D eigenvalue weighted by molar-refractivity contribution is 9.12. The number of carbonyl (C=O) groups is 1. The smallest absolute Gasteiger partial charge is 0.250 e. The summed E-state index contributed by atoms with van der Waals surface area (Å²) in [6.45, 7) is 5.80. The Kier molecular flexibility index (Phi) is 6.37. The van der Waals surface area contributed by atoms with Gasteiger partial charge in [0, 0.05) is 10.7 Å². The van der Waals surface area contributed by atoms with Gasteiger partial charge >= 0.3 is 0 Å². The lowest BCUT2D eigenvalue weighted by atomic mass is 10.0. The molecule has 0 bridgehead atoms. The monoisotopic (exact) mass is 349 g/mol. The molecule has 0 aliphatic rings. The van der Waals surface area contributed by atoms with E-state index in [0.29, 0.717) is 22.2 Å². The first kappa shape index (κ1) is 17.2. The molecule has 4 nitrogen and oxygen atoms in total. The number of carbonyl (C=O) groups excluding carboxylic acids is 1. The Morgan fingerprint density at radius 3 is 2.48 bits per heavy atom. The number of primary amides is 1. The van der Waals surface area contributed by atoms with E-state index in [4.69, 9.17) is 11.5 Å². The molecule has 1 aromatic heterocycles. The minimum atomic E-state index is -0.533. The van der Waals surface area contributed by atoms with Gasteiger partial charge in [-0.3, -0.25) is 9.78 Å². The molecule has 1 aromatic rings. The second-order valence-corrected chi connectivity index (χ2v) is 5.38. The number of pyridine rings is 1. The fourth-order valence-corrected chi connectivity index (χ4v) is 2.32. The van der Waals surface area contributed by atoms with Crippen LogP contribution in [0, 0.1) is 0 Å². The highest BCUT2D eigenvalue weighted by Crippen LogP contribution is 2.29. The minimum Gasteiger partial charge on any atom is -0.397 e. The third-order valence-electron chi connectivity index (χ3n) is 3.14. The lowest BCUT2D eigenvalue weighted by Crippen LogP contribution is -2.20.